The van der Waals surface area contributed by atoms with Gasteiger partial charge < -0.3 is 16.0 Å². The van der Waals surface area contributed by atoms with Gasteiger partial charge in [0.25, 0.3) is 0 Å². The molecule has 1 amide bonds. The van der Waals surface area contributed by atoms with E-state index in [-0.39, 0.29) is 29.9 Å². The fourth-order valence-electron chi connectivity index (χ4n) is 3.01. The van der Waals surface area contributed by atoms with Gasteiger partial charge in [-0.3, -0.25) is 9.79 Å². The summed E-state index contributed by atoms with van der Waals surface area (Å²) in [4.78, 5) is 18.5. The van der Waals surface area contributed by atoms with Crippen molar-refractivity contribution >= 4 is 41.5 Å². The monoisotopic (exact) mass is 464 g/mol. The van der Waals surface area contributed by atoms with Crippen LogP contribution in [0.5, 0.6) is 0 Å². The average Bonchev–Trinajstić information content (AvgIpc) is 3.03. The lowest BCUT2D eigenvalue weighted by Crippen LogP contribution is -2.25. The van der Waals surface area contributed by atoms with Gasteiger partial charge in [0.2, 0.25) is 5.91 Å². The lowest BCUT2D eigenvalue weighted by atomic mass is 10.1. The predicted molar refractivity (Wildman–Crippen MR) is 117 cm³/mol. The van der Waals surface area contributed by atoms with Gasteiger partial charge in [-0.05, 0) is 42.2 Å². The fourth-order valence-corrected chi connectivity index (χ4v) is 3.01. The van der Waals surface area contributed by atoms with Crippen LogP contribution in [-0.4, -0.2) is 23.3 Å². The van der Waals surface area contributed by atoms with Crippen molar-refractivity contribution in [2.75, 3.05) is 11.9 Å². The van der Waals surface area contributed by atoms with Crippen LogP contribution >= 0.6 is 24.0 Å². The molecule has 1 aliphatic heterocycles. The summed E-state index contributed by atoms with van der Waals surface area (Å²) < 4.78 is 0. The van der Waals surface area contributed by atoms with E-state index in [1.54, 1.807) is 0 Å². The summed E-state index contributed by atoms with van der Waals surface area (Å²) in [7, 11) is 0. The van der Waals surface area contributed by atoms with E-state index in [1.165, 1.54) is 11.1 Å². The number of benzene rings is 2. The van der Waals surface area contributed by atoms with E-state index >= 15 is 0 Å². The van der Waals surface area contributed by atoms with Crippen LogP contribution in [0.2, 0.25) is 0 Å². The minimum absolute atomic E-state index is 0. The van der Waals surface area contributed by atoms with Crippen LogP contribution in [0.25, 0.3) is 0 Å². The number of nitrogens with zero attached hydrogens (tertiary/aromatic N) is 2. The molecule has 0 saturated heterocycles. The quantitative estimate of drug-likeness (QED) is 0.307. The first-order valence-electron chi connectivity index (χ1n) is 8.60. The second kappa shape index (κ2) is 9.56. The molecule has 1 aliphatic rings. The van der Waals surface area contributed by atoms with Crippen LogP contribution in [0.4, 0.5) is 5.69 Å². The molecule has 0 atom stereocenters. The molecule has 3 rings (SSSR count). The number of fused-ring (bicyclic) bond motifs is 1. The number of aliphatic imine (C=N–C) groups is 1. The molecule has 2 aromatic rings. The molecule has 0 fully saturated rings. The second-order valence-electron chi connectivity index (χ2n) is 6.38. The molecular weight excluding hydrogens is 439 g/mol. The average molecular weight is 464 g/mol. The lowest BCUT2D eigenvalue weighted by Gasteiger charge is -2.14. The van der Waals surface area contributed by atoms with Crippen LogP contribution in [-0.2, 0) is 17.9 Å². The summed E-state index contributed by atoms with van der Waals surface area (Å²) >= 11 is 0. The van der Waals surface area contributed by atoms with Crippen LogP contribution in [0.1, 0.15) is 29.5 Å². The largest absolute Gasteiger partial charge is 0.370 e. The summed E-state index contributed by atoms with van der Waals surface area (Å²) in [5.74, 6) is 0.559. The molecule has 6 heteroatoms. The molecule has 0 aliphatic carbocycles. The van der Waals surface area contributed by atoms with Crippen molar-refractivity contribution in [3.8, 4) is 0 Å². The Labute approximate surface area is 171 Å². The Kier molecular flexibility index (Phi) is 7.44. The van der Waals surface area contributed by atoms with Crippen LogP contribution in [0.15, 0.2) is 53.5 Å². The lowest BCUT2D eigenvalue weighted by molar-refractivity contribution is -0.131. The standard InChI is InChI=1S/C20H24N4O.HI/c1-15-6-4-9-18(12-15)23-20(21)22-11-5-10-19(25)24-13-16-7-2-3-8-17(16)14-24;/h2-4,6-9,12H,5,10-11,13-14H2,1H3,(H3,21,22,23);1H. The molecular formula is C20H25IN4O. The number of guanidine groups is 1. The van der Waals surface area contributed by atoms with E-state index in [4.69, 9.17) is 5.73 Å². The van der Waals surface area contributed by atoms with Crippen molar-refractivity contribution in [3.05, 3.63) is 65.2 Å². The van der Waals surface area contributed by atoms with Gasteiger partial charge in [0.1, 0.15) is 0 Å². The third-order valence-corrected chi connectivity index (χ3v) is 4.31. The Morgan fingerprint density at radius 3 is 2.50 bits per heavy atom. The molecule has 0 bridgehead atoms. The van der Waals surface area contributed by atoms with E-state index < -0.39 is 0 Å². The Bertz CT molecular complexity index is 766. The van der Waals surface area contributed by atoms with Crippen molar-refractivity contribution in [2.24, 2.45) is 10.7 Å². The van der Waals surface area contributed by atoms with Crippen molar-refractivity contribution < 1.29 is 4.79 Å². The van der Waals surface area contributed by atoms with Gasteiger partial charge in [-0.25, -0.2) is 0 Å². The van der Waals surface area contributed by atoms with Gasteiger partial charge in [-0.2, -0.15) is 0 Å². The Morgan fingerprint density at radius 1 is 1.15 bits per heavy atom. The molecule has 0 spiro atoms. The summed E-state index contributed by atoms with van der Waals surface area (Å²) in [6, 6.07) is 16.2. The molecule has 5 nitrogen and oxygen atoms in total. The molecule has 0 saturated carbocycles. The number of rotatable bonds is 5. The zero-order valence-electron chi connectivity index (χ0n) is 14.9. The van der Waals surface area contributed by atoms with E-state index in [1.807, 2.05) is 48.2 Å². The van der Waals surface area contributed by atoms with Gasteiger partial charge in [-0.1, -0.05) is 36.4 Å². The van der Waals surface area contributed by atoms with Crippen molar-refractivity contribution in [1.29, 1.82) is 0 Å². The maximum Gasteiger partial charge on any atom is 0.223 e. The molecule has 26 heavy (non-hydrogen) atoms. The van der Waals surface area contributed by atoms with Crippen LogP contribution in [0.3, 0.4) is 0 Å². The number of anilines is 1. The third kappa shape index (κ3) is 5.45. The van der Waals surface area contributed by atoms with Gasteiger partial charge in [0.05, 0.1) is 0 Å². The van der Waals surface area contributed by atoms with E-state index in [0.29, 0.717) is 25.3 Å². The highest BCUT2D eigenvalue weighted by Gasteiger charge is 2.21. The van der Waals surface area contributed by atoms with E-state index in [2.05, 4.69) is 22.4 Å². The molecule has 0 aromatic heterocycles. The summed E-state index contributed by atoms with van der Waals surface area (Å²) in [6.07, 6.45) is 1.19. The van der Waals surface area contributed by atoms with Crippen LogP contribution in [0, 0.1) is 6.92 Å². The highest BCUT2D eigenvalue weighted by atomic mass is 127. The minimum Gasteiger partial charge on any atom is -0.370 e. The smallest absolute Gasteiger partial charge is 0.223 e. The summed E-state index contributed by atoms with van der Waals surface area (Å²) in [6.45, 7) is 4.00. The van der Waals surface area contributed by atoms with Gasteiger partial charge in [0, 0.05) is 31.7 Å². The predicted octanol–water partition coefficient (Wildman–Crippen LogP) is 3.66. The molecule has 0 unspecified atom stereocenters. The number of hydrogen-bond acceptors (Lipinski definition) is 2. The Balaban J connectivity index is 0.00000243. The van der Waals surface area contributed by atoms with Crippen molar-refractivity contribution in [2.45, 2.75) is 32.9 Å². The molecule has 1 heterocycles. The molecule has 138 valence electrons. The maximum atomic E-state index is 12.3. The first-order valence-corrected chi connectivity index (χ1v) is 8.60. The number of nitrogens with two attached hydrogens (primary N) is 1. The highest BCUT2D eigenvalue weighted by molar-refractivity contribution is 14.0. The fraction of sp³-hybridized carbons (Fsp3) is 0.300. The number of aryl methyl sites for hydroxylation is 1. The zero-order valence-corrected chi connectivity index (χ0v) is 17.3. The SMILES string of the molecule is Cc1cccc(NC(N)=NCCCC(=O)N2Cc3ccccc3C2)c1.I. The first-order chi connectivity index (χ1) is 12.1. The number of carbonyl (C=O) groups is 1. The van der Waals surface area contributed by atoms with E-state index in [0.717, 1.165) is 24.3 Å². The van der Waals surface area contributed by atoms with Gasteiger partial charge >= 0.3 is 0 Å². The topological polar surface area (TPSA) is 70.7 Å². The molecule has 3 N–H and O–H groups in total. The van der Waals surface area contributed by atoms with Gasteiger partial charge in [-0.15, -0.1) is 24.0 Å². The Hall–Kier alpha value is -2.09. The number of hydrogen-bond donors (Lipinski definition) is 2. The summed E-state index contributed by atoms with van der Waals surface area (Å²) in [5.41, 5.74) is 10.5. The molecule has 0 radical (unpaired) electrons. The van der Waals surface area contributed by atoms with Crippen molar-refractivity contribution in [3.63, 3.8) is 0 Å². The minimum atomic E-state index is 0. The maximum absolute atomic E-state index is 12.3. The van der Waals surface area contributed by atoms with Gasteiger partial charge in [0.15, 0.2) is 5.96 Å². The zero-order chi connectivity index (χ0) is 17.6. The van der Waals surface area contributed by atoms with Crippen molar-refractivity contribution in [1.82, 2.24) is 4.90 Å². The van der Waals surface area contributed by atoms with Crippen LogP contribution < -0.4 is 11.1 Å². The molecule has 2 aromatic carbocycles. The number of nitrogens with one attached hydrogen (secondary N) is 1. The summed E-state index contributed by atoms with van der Waals surface area (Å²) in [5, 5.41) is 3.07. The highest BCUT2D eigenvalue weighted by Crippen LogP contribution is 2.22. The second-order valence-corrected chi connectivity index (χ2v) is 6.38. The number of carbonyl (C=O) groups excluding carboxylic acids is 1. The van der Waals surface area contributed by atoms with E-state index in [9.17, 15) is 4.79 Å². The normalized spacial score (nSPS) is 13.1. The number of amides is 1. The third-order valence-electron chi connectivity index (χ3n) is 4.31. The number of halogens is 1. The Morgan fingerprint density at radius 2 is 1.85 bits per heavy atom. The first kappa shape index (κ1) is 20.2.